The maximum absolute atomic E-state index is 12.0. The zero-order chi connectivity index (χ0) is 13.3. The zero-order valence-corrected chi connectivity index (χ0v) is 9.73. The number of hydrogen-bond acceptors (Lipinski definition) is 4. The van der Waals surface area contributed by atoms with Crippen molar-refractivity contribution < 1.29 is 18.0 Å². The highest BCUT2D eigenvalue weighted by atomic mass is 32.1. The van der Waals surface area contributed by atoms with Crippen molar-refractivity contribution in [3.05, 3.63) is 23.3 Å². The van der Waals surface area contributed by atoms with Gasteiger partial charge in [0, 0.05) is 17.8 Å². The summed E-state index contributed by atoms with van der Waals surface area (Å²) < 4.78 is 36.6. The van der Waals surface area contributed by atoms with Crippen LogP contribution in [0.3, 0.4) is 0 Å². The van der Waals surface area contributed by atoms with Gasteiger partial charge in [0.15, 0.2) is 0 Å². The van der Waals surface area contributed by atoms with Gasteiger partial charge < -0.3 is 11.1 Å². The van der Waals surface area contributed by atoms with E-state index in [2.05, 4.69) is 4.98 Å². The fourth-order valence-electron chi connectivity index (χ4n) is 1.40. The van der Waals surface area contributed by atoms with Gasteiger partial charge in [0.1, 0.15) is 11.4 Å². The third-order valence-electron chi connectivity index (χ3n) is 2.19. The molecule has 0 saturated heterocycles. The first kappa shape index (κ1) is 12.6. The number of amides is 1. The van der Waals surface area contributed by atoms with E-state index < -0.39 is 18.6 Å². The van der Waals surface area contributed by atoms with E-state index in [1.54, 1.807) is 11.4 Å². The summed E-state index contributed by atoms with van der Waals surface area (Å²) >= 11 is 1.02. The Morgan fingerprint density at radius 2 is 2.22 bits per heavy atom. The summed E-state index contributed by atoms with van der Waals surface area (Å²) in [5.41, 5.74) is 5.90. The van der Waals surface area contributed by atoms with Crippen molar-refractivity contribution in [2.45, 2.75) is 6.18 Å². The number of aromatic nitrogens is 1. The number of nitrogens with zero attached hydrogens (tertiary/aromatic N) is 1. The largest absolute Gasteiger partial charge is 0.405 e. The van der Waals surface area contributed by atoms with Crippen LogP contribution >= 0.6 is 11.3 Å². The Labute approximate surface area is 104 Å². The molecule has 0 aliphatic heterocycles. The minimum atomic E-state index is -4.44. The van der Waals surface area contributed by atoms with E-state index in [9.17, 15) is 18.0 Å². The van der Waals surface area contributed by atoms with Crippen LogP contribution in [-0.4, -0.2) is 23.6 Å². The average molecular weight is 275 g/mol. The quantitative estimate of drug-likeness (QED) is 0.882. The summed E-state index contributed by atoms with van der Waals surface area (Å²) in [7, 11) is 0. The molecular formula is C10H8F3N3OS. The molecular weight excluding hydrogens is 267 g/mol. The van der Waals surface area contributed by atoms with Crippen molar-refractivity contribution in [2.24, 2.45) is 0 Å². The van der Waals surface area contributed by atoms with Crippen LogP contribution in [0, 0.1) is 0 Å². The fraction of sp³-hybridized carbons (Fsp3) is 0.200. The number of nitrogens with two attached hydrogens (primary N) is 1. The third-order valence-corrected chi connectivity index (χ3v) is 3.34. The molecule has 0 saturated carbocycles. The highest BCUT2D eigenvalue weighted by Crippen LogP contribution is 2.32. The lowest BCUT2D eigenvalue weighted by atomic mass is 10.2. The van der Waals surface area contributed by atoms with Crippen molar-refractivity contribution in [1.29, 1.82) is 0 Å². The van der Waals surface area contributed by atoms with Crippen LogP contribution < -0.4 is 11.1 Å². The number of fused-ring (bicyclic) bond motifs is 1. The molecule has 2 rings (SSSR count). The number of thiophene rings is 1. The molecule has 0 radical (unpaired) electrons. The molecule has 18 heavy (non-hydrogen) atoms. The Morgan fingerprint density at radius 1 is 1.50 bits per heavy atom. The van der Waals surface area contributed by atoms with Gasteiger partial charge >= 0.3 is 6.18 Å². The molecule has 0 bridgehead atoms. The maximum Gasteiger partial charge on any atom is 0.405 e. The van der Waals surface area contributed by atoms with Gasteiger partial charge in [-0.3, -0.25) is 9.78 Å². The molecule has 2 aromatic rings. The molecule has 0 aromatic carbocycles. The van der Waals surface area contributed by atoms with E-state index in [1.807, 2.05) is 0 Å². The van der Waals surface area contributed by atoms with Crippen molar-refractivity contribution >= 4 is 33.0 Å². The van der Waals surface area contributed by atoms with Gasteiger partial charge in [0.2, 0.25) is 0 Å². The van der Waals surface area contributed by atoms with Gasteiger partial charge in [0.05, 0.1) is 10.4 Å². The number of hydrogen-bond donors (Lipinski definition) is 2. The molecule has 1 amide bonds. The van der Waals surface area contributed by atoms with Gasteiger partial charge in [-0.25, -0.2) is 0 Å². The van der Waals surface area contributed by atoms with E-state index in [0.717, 1.165) is 11.3 Å². The first-order valence-electron chi connectivity index (χ1n) is 4.85. The average Bonchev–Trinajstić information content (AvgIpc) is 2.64. The van der Waals surface area contributed by atoms with E-state index >= 15 is 0 Å². The summed E-state index contributed by atoms with van der Waals surface area (Å²) in [4.78, 5) is 15.5. The standard InChI is InChI=1S/C10H8F3N3OS/c11-10(12,13)4-16-9(17)8-7(14)5-1-2-15-3-6(5)18-8/h1-3H,4,14H2,(H,16,17). The molecule has 0 atom stereocenters. The topological polar surface area (TPSA) is 68.0 Å². The summed E-state index contributed by atoms with van der Waals surface area (Å²) in [6.45, 7) is -1.38. The highest BCUT2D eigenvalue weighted by Gasteiger charge is 2.28. The summed E-state index contributed by atoms with van der Waals surface area (Å²) in [6.07, 6.45) is -1.43. The summed E-state index contributed by atoms with van der Waals surface area (Å²) in [5, 5.41) is 2.40. The molecule has 8 heteroatoms. The second-order valence-electron chi connectivity index (χ2n) is 3.51. The molecule has 0 unspecified atom stereocenters. The zero-order valence-electron chi connectivity index (χ0n) is 8.91. The molecule has 2 aromatic heterocycles. The smallest absolute Gasteiger partial charge is 0.397 e. The van der Waals surface area contributed by atoms with Crippen LogP contribution in [0.5, 0.6) is 0 Å². The van der Waals surface area contributed by atoms with Crippen molar-refractivity contribution in [2.75, 3.05) is 12.3 Å². The number of anilines is 1. The first-order chi connectivity index (χ1) is 8.38. The minimum Gasteiger partial charge on any atom is -0.397 e. The summed E-state index contributed by atoms with van der Waals surface area (Å²) in [6, 6.07) is 1.61. The van der Waals surface area contributed by atoms with Crippen LogP contribution in [-0.2, 0) is 0 Å². The van der Waals surface area contributed by atoms with Crippen LogP contribution in [0.25, 0.3) is 10.1 Å². The van der Waals surface area contributed by atoms with Gasteiger partial charge in [-0.2, -0.15) is 13.2 Å². The number of alkyl halides is 3. The van der Waals surface area contributed by atoms with Crippen molar-refractivity contribution in [3.8, 4) is 0 Å². The Kier molecular flexibility index (Phi) is 3.12. The second-order valence-corrected chi connectivity index (χ2v) is 4.57. The Hall–Kier alpha value is -1.83. The lowest BCUT2D eigenvalue weighted by molar-refractivity contribution is -0.123. The highest BCUT2D eigenvalue weighted by molar-refractivity contribution is 7.21. The SMILES string of the molecule is Nc1c(C(=O)NCC(F)(F)F)sc2cnccc12. The van der Waals surface area contributed by atoms with E-state index in [-0.39, 0.29) is 10.6 Å². The predicted molar refractivity (Wildman–Crippen MR) is 62.4 cm³/mol. The molecule has 3 N–H and O–H groups in total. The number of carbonyl (C=O) groups is 1. The molecule has 0 aliphatic carbocycles. The van der Waals surface area contributed by atoms with Gasteiger partial charge in [0.25, 0.3) is 5.91 Å². The second kappa shape index (κ2) is 4.45. The molecule has 2 heterocycles. The number of rotatable bonds is 2. The lowest BCUT2D eigenvalue weighted by Crippen LogP contribution is -2.33. The fourth-order valence-corrected chi connectivity index (χ4v) is 2.41. The van der Waals surface area contributed by atoms with Crippen molar-refractivity contribution in [3.63, 3.8) is 0 Å². The van der Waals surface area contributed by atoms with Crippen LogP contribution in [0.4, 0.5) is 18.9 Å². The van der Waals surface area contributed by atoms with Crippen LogP contribution in [0.15, 0.2) is 18.5 Å². The number of halogens is 3. The first-order valence-corrected chi connectivity index (χ1v) is 5.67. The lowest BCUT2D eigenvalue weighted by Gasteiger charge is -2.07. The number of nitrogen functional groups attached to an aromatic ring is 1. The number of carbonyl (C=O) groups excluding carboxylic acids is 1. The normalized spacial score (nSPS) is 11.7. The van der Waals surface area contributed by atoms with Gasteiger partial charge in [-0.1, -0.05) is 0 Å². The molecule has 0 fully saturated rings. The Bertz CT molecular complexity index is 594. The van der Waals surface area contributed by atoms with Crippen LogP contribution in [0.2, 0.25) is 0 Å². The predicted octanol–water partition coefficient (Wildman–Crippen LogP) is 2.17. The monoisotopic (exact) mass is 275 g/mol. The molecule has 0 aliphatic rings. The van der Waals surface area contributed by atoms with E-state index in [0.29, 0.717) is 10.1 Å². The third kappa shape index (κ3) is 2.53. The molecule has 96 valence electrons. The van der Waals surface area contributed by atoms with Crippen LogP contribution in [0.1, 0.15) is 9.67 Å². The van der Waals surface area contributed by atoms with E-state index in [1.165, 1.54) is 12.4 Å². The van der Waals surface area contributed by atoms with Crippen molar-refractivity contribution in [1.82, 2.24) is 10.3 Å². The maximum atomic E-state index is 12.0. The summed E-state index contributed by atoms with van der Waals surface area (Å²) in [5.74, 6) is -0.828. The van der Waals surface area contributed by atoms with Gasteiger partial charge in [-0.05, 0) is 6.07 Å². The molecule has 0 spiro atoms. The van der Waals surface area contributed by atoms with E-state index in [4.69, 9.17) is 5.73 Å². The number of pyridine rings is 1. The van der Waals surface area contributed by atoms with Gasteiger partial charge in [-0.15, -0.1) is 11.3 Å². The molecule has 4 nitrogen and oxygen atoms in total. The Balaban J connectivity index is 2.26. The minimum absolute atomic E-state index is 0.0715. The Morgan fingerprint density at radius 3 is 2.83 bits per heavy atom. The number of nitrogens with one attached hydrogen (secondary N) is 1.